The van der Waals surface area contributed by atoms with E-state index in [9.17, 15) is 4.79 Å². The van der Waals surface area contributed by atoms with Crippen LogP contribution in [0.25, 0.3) is 0 Å². The number of hydrogen-bond acceptors (Lipinski definition) is 3. The lowest BCUT2D eigenvalue weighted by molar-refractivity contribution is 0.0747. The number of pyridine rings is 1. The number of aromatic nitrogens is 1. The quantitative estimate of drug-likeness (QED) is 0.880. The summed E-state index contributed by atoms with van der Waals surface area (Å²) in [7, 11) is 1.77. The third kappa shape index (κ3) is 2.36. The van der Waals surface area contributed by atoms with E-state index in [1.165, 1.54) is 6.20 Å². The molecule has 0 radical (unpaired) electrons. The highest BCUT2D eigenvalue weighted by molar-refractivity contribution is 6.33. The predicted molar refractivity (Wildman–Crippen MR) is 68.5 cm³/mol. The zero-order valence-electron chi connectivity index (χ0n) is 10.0. The molecule has 1 fully saturated rings. The molecule has 1 N–H and O–H groups in total. The molecule has 1 aromatic rings. The van der Waals surface area contributed by atoms with E-state index in [0.717, 1.165) is 19.4 Å². The van der Waals surface area contributed by atoms with E-state index in [-0.39, 0.29) is 5.91 Å². The second-order valence-electron chi connectivity index (χ2n) is 4.29. The van der Waals surface area contributed by atoms with Crippen LogP contribution < -0.4 is 5.32 Å². The van der Waals surface area contributed by atoms with Crippen LogP contribution in [0.3, 0.4) is 0 Å². The number of rotatable bonds is 2. The summed E-state index contributed by atoms with van der Waals surface area (Å²) in [6, 6.07) is 2.00. The van der Waals surface area contributed by atoms with Gasteiger partial charge in [-0.2, -0.15) is 0 Å². The van der Waals surface area contributed by atoms with E-state index in [4.69, 9.17) is 11.6 Å². The first-order valence-electron chi connectivity index (χ1n) is 5.77. The van der Waals surface area contributed by atoms with Crippen LogP contribution in [-0.2, 0) is 0 Å². The Morgan fingerprint density at radius 2 is 2.41 bits per heavy atom. The van der Waals surface area contributed by atoms with Crippen molar-refractivity contribution in [2.75, 3.05) is 18.9 Å². The number of nitrogens with one attached hydrogen (secondary N) is 1. The van der Waals surface area contributed by atoms with Crippen LogP contribution in [0, 0.1) is 0 Å². The van der Waals surface area contributed by atoms with Gasteiger partial charge in [0.15, 0.2) is 0 Å². The highest BCUT2D eigenvalue weighted by Crippen LogP contribution is 2.24. The lowest BCUT2D eigenvalue weighted by Gasteiger charge is -2.22. The van der Waals surface area contributed by atoms with E-state index < -0.39 is 0 Å². The van der Waals surface area contributed by atoms with Gasteiger partial charge >= 0.3 is 0 Å². The number of halogens is 1. The highest BCUT2D eigenvalue weighted by Gasteiger charge is 2.27. The normalized spacial score (nSPS) is 19.5. The van der Waals surface area contributed by atoms with Gasteiger partial charge in [0.05, 0.1) is 10.6 Å². The van der Waals surface area contributed by atoms with Crippen molar-refractivity contribution in [2.24, 2.45) is 0 Å². The molecule has 1 aromatic heterocycles. The largest absolute Gasteiger partial charge is 0.373 e. The molecule has 17 heavy (non-hydrogen) atoms. The summed E-state index contributed by atoms with van der Waals surface area (Å²) in [6.07, 6.45) is 3.64. The number of amides is 1. The van der Waals surface area contributed by atoms with Crippen LogP contribution in [-0.4, -0.2) is 35.4 Å². The molecular formula is C12H16ClN3O. The molecule has 5 heteroatoms. The summed E-state index contributed by atoms with van der Waals surface area (Å²) in [5.74, 6) is 0.656. The molecule has 0 saturated carbocycles. The Labute approximate surface area is 106 Å². The third-order valence-electron chi connectivity index (χ3n) is 3.16. The summed E-state index contributed by atoms with van der Waals surface area (Å²) in [4.78, 5) is 18.3. The minimum Gasteiger partial charge on any atom is -0.373 e. The summed E-state index contributed by atoms with van der Waals surface area (Å²) < 4.78 is 0. The van der Waals surface area contributed by atoms with E-state index >= 15 is 0 Å². The Morgan fingerprint density at radius 1 is 1.65 bits per heavy atom. The van der Waals surface area contributed by atoms with Crippen molar-refractivity contribution >= 4 is 23.3 Å². The number of carbonyl (C=O) groups excluding carboxylic acids is 1. The maximum absolute atomic E-state index is 12.3. The predicted octanol–water partition coefficient (Wildman–Crippen LogP) is 2.40. The second-order valence-corrected chi connectivity index (χ2v) is 4.70. The molecule has 1 saturated heterocycles. The first kappa shape index (κ1) is 12.2. The van der Waals surface area contributed by atoms with Gasteiger partial charge in [-0.3, -0.25) is 4.79 Å². The molecule has 0 aliphatic carbocycles. The highest BCUT2D eigenvalue weighted by atomic mass is 35.5. The maximum atomic E-state index is 12.3. The lowest BCUT2D eigenvalue weighted by atomic mass is 10.2. The molecule has 0 bridgehead atoms. The number of hydrogen-bond donors (Lipinski definition) is 1. The Balaban J connectivity index is 2.29. The lowest BCUT2D eigenvalue weighted by Crippen LogP contribution is -2.33. The van der Waals surface area contributed by atoms with Gasteiger partial charge in [0.1, 0.15) is 5.82 Å². The van der Waals surface area contributed by atoms with Crippen molar-refractivity contribution in [2.45, 2.75) is 25.8 Å². The molecule has 2 heterocycles. The van der Waals surface area contributed by atoms with Crippen molar-refractivity contribution < 1.29 is 4.79 Å². The van der Waals surface area contributed by atoms with Crippen molar-refractivity contribution in [1.82, 2.24) is 9.88 Å². The van der Waals surface area contributed by atoms with Crippen molar-refractivity contribution in [3.63, 3.8) is 0 Å². The molecule has 4 nitrogen and oxygen atoms in total. The molecule has 92 valence electrons. The van der Waals surface area contributed by atoms with Gasteiger partial charge in [-0.05, 0) is 25.8 Å². The average Bonchev–Trinajstić information content (AvgIpc) is 2.75. The molecule has 1 atom stereocenters. The smallest absolute Gasteiger partial charge is 0.255 e. The summed E-state index contributed by atoms with van der Waals surface area (Å²) >= 11 is 6.04. The van der Waals surface area contributed by atoms with Crippen LogP contribution in [0.1, 0.15) is 30.1 Å². The van der Waals surface area contributed by atoms with Gasteiger partial charge in [0.25, 0.3) is 5.91 Å². The van der Waals surface area contributed by atoms with Crippen LogP contribution >= 0.6 is 11.6 Å². The topological polar surface area (TPSA) is 45.2 Å². The standard InChI is InChI=1S/C12H16ClN3O/c1-8-4-3-5-16(8)12(17)9-6-11(14-2)15-7-10(9)13/h6-8H,3-5H2,1-2H3,(H,14,15). The fourth-order valence-corrected chi connectivity index (χ4v) is 2.31. The van der Waals surface area contributed by atoms with Gasteiger partial charge in [-0.15, -0.1) is 0 Å². The molecule has 0 aromatic carbocycles. The average molecular weight is 254 g/mol. The van der Waals surface area contributed by atoms with Gasteiger partial charge < -0.3 is 10.2 Å². The Hall–Kier alpha value is -1.29. The first-order chi connectivity index (χ1) is 8.13. The van der Waals surface area contributed by atoms with Gasteiger partial charge in [-0.1, -0.05) is 11.6 Å². The zero-order chi connectivity index (χ0) is 12.4. The Bertz CT molecular complexity index is 436. The molecule has 1 aliphatic heterocycles. The SMILES string of the molecule is CNc1cc(C(=O)N2CCCC2C)c(Cl)cn1. The van der Waals surface area contributed by atoms with Gasteiger partial charge in [0.2, 0.25) is 0 Å². The monoisotopic (exact) mass is 253 g/mol. The molecule has 2 rings (SSSR count). The summed E-state index contributed by atoms with van der Waals surface area (Å²) in [5, 5.41) is 3.32. The van der Waals surface area contributed by atoms with Gasteiger partial charge in [0, 0.05) is 25.8 Å². The third-order valence-corrected chi connectivity index (χ3v) is 3.46. The van der Waals surface area contributed by atoms with Crippen LogP contribution in [0.15, 0.2) is 12.3 Å². The van der Waals surface area contributed by atoms with Gasteiger partial charge in [-0.25, -0.2) is 4.98 Å². The van der Waals surface area contributed by atoms with Crippen LogP contribution in [0.2, 0.25) is 5.02 Å². The van der Waals surface area contributed by atoms with Crippen molar-refractivity contribution in [3.05, 3.63) is 22.8 Å². The molecule has 1 aliphatic rings. The number of carbonyl (C=O) groups is 1. The molecule has 1 amide bonds. The fraction of sp³-hybridized carbons (Fsp3) is 0.500. The summed E-state index contributed by atoms with van der Waals surface area (Å²) in [5.41, 5.74) is 0.528. The Kier molecular flexibility index (Phi) is 3.52. The fourth-order valence-electron chi connectivity index (χ4n) is 2.13. The number of nitrogens with zero attached hydrogens (tertiary/aromatic N) is 2. The molecular weight excluding hydrogens is 238 g/mol. The minimum atomic E-state index is -0.00102. The first-order valence-corrected chi connectivity index (χ1v) is 6.15. The van der Waals surface area contributed by atoms with E-state index in [1.807, 2.05) is 4.90 Å². The molecule has 0 spiro atoms. The van der Waals surface area contributed by atoms with Crippen LogP contribution in [0.4, 0.5) is 5.82 Å². The number of likely N-dealkylation sites (tertiary alicyclic amines) is 1. The molecule has 1 unspecified atom stereocenters. The van der Waals surface area contributed by atoms with E-state index in [0.29, 0.717) is 22.4 Å². The maximum Gasteiger partial charge on any atom is 0.255 e. The Morgan fingerprint density at radius 3 is 3.00 bits per heavy atom. The van der Waals surface area contributed by atoms with E-state index in [2.05, 4.69) is 17.2 Å². The zero-order valence-corrected chi connectivity index (χ0v) is 10.8. The van der Waals surface area contributed by atoms with Crippen molar-refractivity contribution in [1.29, 1.82) is 0 Å². The van der Waals surface area contributed by atoms with E-state index in [1.54, 1.807) is 13.1 Å². The number of anilines is 1. The minimum absolute atomic E-state index is 0.00102. The summed E-state index contributed by atoms with van der Waals surface area (Å²) in [6.45, 7) is 2.88. The van der Waals surface area contributed by atoms with Crippen molar-refractivity contribution in [3.8, 4) is 0 Å². The van der Waals surface area contributed by atoms with Crippen LogP contribution in [0.5, 0.6) is 0 Å². The second kappa shape index (κ2) is 4.92.